The number of aliphatic hydroxyl groups excluding tert-OH is 2. The topological polar surface area (TPSA) is 77.8 Å². The SMILES string of the molecule is CCCC(O)C=CC1CCC(O)C1CC#CCCCCC(=O)O. The van der Waals surface area contributed by atoms with E-state index in [0.717, 1.165) is 32.1 Å². The van der Waals surface area contributed by atoms with Crippen LogP contribution in [-0.2, 0) is 4.79 Å². The van der Waals surface area contributed by atoms with E-state index < -0.39 is 12.1 Å². The maximum absolute atomic E-state index is 10.4. The number of aliphatic carboxylic acids is 1. The van der Waals surface area contributed by atoms with Crippen molar-refractivity contribution >= 4 is 5.97 Å². The molecule has 1 saturated carbocycles. The van der Waals surface area contributed by atoms with Gasteiger partial charge in [-0.2, -0.15) is 0 Å². The van der Waals surface area contributed by atoms with Crippen LogP contribution in [0.3, 0.4) is 0 Å². The first-order chi connectivity index (χ1) is 11.0. The second-order valence-corrected chi connectivity index (χ2v) is 6.37. The molecule has 0 aromatic rings. The molecule has 130 valence electrons. The zero-order chi connectivity index (χ0) is 17.1. The average molecular weight is 322 g/mol. The Balaban J connectivity index is 2.36. The third kappa shape index (κ3) is 8.20. The molecule has 4 heteroatoms. The summed E-state index contributed by atoms with van der Waals surface area (Å²) in [7, 11) is 0. The van der Waals surface area contributed by atoms with Crippen LogP contribution in [0.25, 0.3) is 0 Å². The summed E-state index contributed by atoms with van der Waals surface area (Å²) in [5, 5.41) is 28.4. The van der Waals surface area contributed by atoms with Crippen LogP contribution in [0.4, 0.5) is 0 Å². The largest absolute Gasteiger partial charge is 0.481 e. The molecule has 0 radical (unpaired) electrons. The van der Waals surface area contributed by atoms with Crippen LogP contribution >= 0.6 is 0 Å². The van der Waals surface area contributed by atoms with E-state index in [9.17, 15) is 15.0 Å². The van der Waals surface area contributed by atoms with Gasteiger partial charge in [-0.05, 0) is 38.0 Å². The molecule has 0 spiro atoms. The minimum absolute atomic E-state index is 0.145. The summed E-state index contributed by atoms with van der Waals surface area (Å²) in [6.45, 7) is 2.05. The molecule has 1 rings (SSSR count). The molecule has 0 aromatic heterocycles. The van der Waals surface area contributed by atoms with Gasteiger partial charge in [0.1, 0.15) is 0 Å². The van der Waals surface area contributed by atoms with Gasteiger partial charge in [0.15, 0.2) is 0 Å². The summed E-state index contributed by atoms with van der Waals surface area (Å²) in [5.74, 6) is 5.90. The van der Waals surface area contributed by atoms with Crippen molar-refractivity contribution in [1.29, 1.82) is 0 Å². The number of rotatable bonds is 9. The van der Waals surface area contributed by atoms with Gasteiger partial charge in [-0.25, -0.2) is 0 Å². The number of carbonyl (C=O) groups is 1. The summed E-state index contributed by atoms with van der Waals surface area (Å²) in [6.07, 6.45) is 9.73. The molecule has 1 fully saturated rings. The van der Waals surface area contributed by atoms with E-state index in [1.165, 1.54) is 0 Å². The number of unbranched alkanes of at least 4 members (excludes halogenated alkanes) is 2. The van der Waals surface area contributed by atoms with Gasteiger partial charge in [-0.15, -0.1) is 11.8 Å². The highest BCUT2D eigenvalue weighted by molar-refractivity contribution is 5.66. The van der Waals surface area contributed by atoms with Gasteiger partial charge in [0.25, 0.3) is 0 Å². The number of aliphatic hydroxyl groups is 2. The Labute approximate surface area is 139 Å². The Morgan fingerprint density at radius 2 is 2.09 bits per heavy atom. The normalized spacial score (nSPS) is 25.3. The number of carboxylic acids is 1. The second-order valence-electron chi connectivity index (χ2n) is 6.37. The summed E-state index contributed by atoms with van der Waals surface area (Å²) in [5.41, 5.74) is 0. The van der Waals surface area contributed by atoms with Crippen LogP contribution in [0.2, 0.25) is 0 Å². The highest BCUT2D eigenvalue weighted by Gasteiger charge is 2.32. The summed E-state index contributed by atoms with van der Waals surface area (Å²) < 4.78 is 0. The molecular formula is C19H30O4. The third-order valence-corrected chi connectivity index (χ3v) is 4.41. The van der Waals surface area contributed by atoms with Gasteiger partial charge in [-0.1, -0.05) is 25.5 Å². The number of carboxylic acid groups (broad SMARTS) is 1. The van der Waals surface area contributed by atoms with Crippen LogP contribution in [0.5, 0.6) is 0 Å². The lowest BCUT2D eigenvalue weighted by Gasteiger charge is -2.17. The zero-order valence-corrected chi connectivity index (χ0v) is 14.1. The standard InChI is InChI=1S/C19H30O4/c1-2-8-16(20)13-11-15-12-14-18(21)17(15)9-6-4-3-5-7-10-19(22)23/h11,13,15-18,20-21H,2-3,5,7-10,12,14H2,1H3,(H,22,23). The first-order valence-corrected chi connectivity index (χ1v) is 8.76. The molecule has 23 heavy (non-hydrogen) atoms. The molecule has 1 aliphatic carbocycles. The van der Waals surface area contributed by atoms with E-state index in [2.05, 4.69) is 17.9 Å². The quantitative estimate of drug-likeness (QED) is 0.346. The monoisotopic (exact) mass is 322 g/mol. The van der Waals surface area contributed by atoms with Crippen molar-refractivity contribution in [3.63, 3.8) is 0 Å². The first kappa shape index (κ1) is 19.7. The minimum Gasteiger partial charge on any atom is -0.481 e. The van der Waals surface area contributed by atoms with E-state index in [4.69, 9.17) is 5.11 Å². The van der Waals surface area contributed by atoms with Gasteiger partial charge >= 0.3 is 5.97 Å². The lowest BCUT2D eigenvalue weighted by molar-refractivity contribution is -0.137. The van der Waals surface area contributed by atoms with Crippen LogP contribution in [0, 0.1) is 23.7 Å². The fraction of sp³-hybridized carbons (Fsp3) is 0.737. The molecular weight excluding hydrogens is 292 g/mol. The van der Waals surface area contributed by atoms with Crippen molar-refractivity contribution in [1.82, 2.24) is 0 Å². The summed E-state index contributed by atoms with van der Waals surface area (Å²) in [4.78, 5) is 10.4. The lowest BCUT2D eigenvalue weighted by Crippen LogP contribution is -2.17. The highest BCUT2D eigenvalue weighted by Crippen LogP contribution is 2.35. The molecule has 4 atom stereocenters. The number of hydrogen-bond donors (Lipinski definition) is 3. The molecule has 3 N–H and O–H groups in total. The Kier molecular flexibility index (Phi) is 9.66. The molecule has 1 aliphatic rings. The van der Waals surface area contributed by atoms with Crippen molar-refractivity contribution in [2.75, 3.05) is 0 Å². The van der Waals surface area contributed by atoms with Gasteiger partial charge < -0.3 is 15.3 Å². The molecule has 0 bridgehead atoms. The molecule has 0 aromatic carbocycles. The Bertz CT molecular complexity index is 432. The van der Waals surface area contributed by atoms with Crippen molar-refractivity contribution in [2.24, 2.45) is 11.8 Å². The fourth-order valence-electron chi connectivity index (χ4n) is 3.03. The van der Waals surface area contributed by atoms with Crippen molar-refractivity contribution in [3.05, 3.63) is 12.2 Å². The van der Waals surface area contributed by atoms with E-state index >= 15 is 0 Å². The predicted octanol–water partition coefficient (Wildman–Crippen LogP) is 3.13. The number of hydrogen-bond acceptors (Lipinski definition) is 3. The minimum atomic E-state index is -0.757. The Morgan fingerprint density at radius 1 is 1.30 bits per heavy atom. The molecule has 0 heterocycles. The summed E-state index contributed by atoms with van der Waals surface area (Å²) in [6, 6.07) is 0. The maximum atomic E-state index is 10.4. The van der Waals surface area contributed by atoms with Gasteiger partial charge in [-0.3, -0.25) is 4.79 Å². The van der Waals surface area contributed by atoms with Gasteiger partial charge in [0, 0.05) is 25.2 Å². The average Bonchev–Trinajstić information content (AvgIpc) is 2.85. The van der Waals surface area contributed by atoms with E-state index in [1.54, 1.807) is 0 Å². The molecule has 4 nitrogen and oxygen atoms in total. The van der Waals surface area contributed by atoms with Gasteiger partial charge in [0.05, 0.1) is 12.2 Å². The van der Waals surface area contributed by atoms with Crippen molar-refractivity contribution < 1.29 is 20.1 Å². The molecule has 0 saturated heterocycles. The molecule has 0 aliphatic heterocycles. The highest BCUT2D eigenvalue weighted by atomic mass is 16.4. The predicted molar refractivity (Wildman–Crippen MR) is 90.8 cm³/mol. The number of allylic oxidation sites excluding steroid dienone is 1. The van der Waals surface area contributed by atoms with Crippen LogP contribution < -0.4 is 0 Å². The fourth-order valence-corrected chi connectivity index (χ4v) is 3.03. The van der Waals surface area contributed by atoms with Crippen LogP contribution in [0.15, 0.2) is 12.2 Å². The van der Waals surface area contributed by atoms with E-state index in [-0.39, 0.29) is 24.4 Å². The van der Waals surface area contributed by atoms with E-state index in [0.29, 0.717) is 19.3 Å². The van der Waals surface area contributed by atoms with E-state index in [1.807, 2.05) is 13.0 Å². The van der Waals surface area contributed by atoms with Crippen molar-refractivity contribution in [3.8, 4) is 11.8 Å². The van der Waals surface area contributed by atoms with Crippen LogP contribution in [-0.4, -0.2) is 33.5 Å². The Hall–Kier alpha value is -1.31. The van der Waals surface area contributed by atoms with Crippen LogP contribution in [0.1, 0.15) is 64.7 Å². The molecule has 0 amide bonds. The molecule has 4 unspecified atom stereocenters. The first-order valence-electron chi connectivity index (χ1n) is 8.76. The van der Waals surface area contributed by atoms with Crippen molar-refractivity contribution in [2.45, 2.75) is 76.9 Å². The summed E-state index contributed by atoms with van der Waals surface area (Å²) >= 11 is 0. The smallest absolute Gasteiger partial charge is 0.303 e. The lowest BCUT2D eigenvalue weighted by atomic mass is 9.91. The zero-order valence-electron chi connectivity index (χ0n) is 14.1. The second kappa shape index (κ2) is 11.3. The van der Waals surface area contributed by atoms with Gasteiger partial charge in [0.2, 0.25) is 0 Å². The Morgan fingerprint density at radius 3 is 2.78 bits per heavy atom. The maximum Gasteiger partial charge on any atom is 0.303 e. The third-order valence-electron chi connectivity index (χ3n) is 4.41.